The minimum atomic E-state index is 0.239. The zero-order chi connectivity index (χ0) is 19.8. The largest absolute Gasteiger partial charge is 0.507 e. The van der Waals surface area contributed by atoms with Crippen LogP contribution in [0.5, 0.6) is 5.75 Å². The van der Waals surface area contributed by atoms with Crippen molar-refractivity contribution in [1.29, 1.82) is 0 Å². The van der Waals surface area contributed by atoms with Crippen molar-refractivity contribution in [1.82, 2.24) is 20.4 Å². The zero-order valence-corrected chi connectivity index (χ0v) is 17.0. The van der Waals surface area contributed by atoms with Gasteiger partial charge in [-0.15, -0.1) is 10.2 Å². The van der Waals surface area contributed by atoms with Crippen molar-refractivity contribution in [2.45, 2.75) is 31.8 Å². The molecule has 0 aliphatic carbocycles. The van der Waals surface area contributed by atoms with Crippen LogP contribution in [0.3, 0.4) is 0 Å². The Morgan fingerprint density at radius 3 is 2.79 bits per heavy atom. The Balaban J connectivity index is 1.35. The molecule has 3 aliphatic heterocycles. The van der Waals surface area contributed by atoms with Crippen LogP contribution in [0.1, 0.15) is 19.8 Å². The van der Waals surface area contributed by atoms with E-state index in [-0.39, 0.29) is 5.75 Å². The summed E-state index contributed by atoms with van der Waals surface area (Å²) in [6.07, 6.45) is 2.57. The SMILES string of the molecule is CC(C1CCNCC1)N1CCN2c3cc(-c4ccccc4O)nnc3NCC2C1. The third-order valence-electron chi connectivity index (χ3n) is 6.92. The molecule has 0 saturated carbocycles. The van der Waals surface area contributed by atoms with Crippen molar-refractivity contribution in [2.75, 3.05) is 49.5 Å². The average molecular weight is 395 g/mol. The van der Waals surface area contributed by atoms with Gasteiger partial charge >= 0.3 is 0 Å². The highest BCUT2D eigenvalue weighted by molar-refractivity contribution is 5.76. The molecule has 2 fully saturated rings. The maximum Gasteiger partial charge on any atom is 0.172 e. The molecule has 2 atom stereocenters. The normalized spacial score (nSPS) is 23.8. The summed E-state index contributed by atoms with van der Waals surface area (Å²) >= 11 is 0. The Labute approximate surface area is 172 Å². The van der Waals surface area contributed by atoms with Gasteiger partial charge < -0.3 is 20.6 Å². The predicted octanol–water partition coefficient (Wildman–Crippen LogP) is 2.15. The molecule has 0 bridgehead atoms. The van der Waals surface area contributed by atoms with Gasteiger partial charge in [0.1, 0.15) is 5.75 Å². The fourth-order valence-corrected chi connectivity index (χ4v) is 5.13. The molecule has 0 spiro atoms. The number of fused-ring (bicyclic) bond motifs is 3. The van der Waals surface area contributed by atoms with E-state index in [1.165, 1.54) is 12.8 Å². The Bertz CT molecular complexity index is 868. The number of para-hydroxylation sites is 1. The van der Waals surface area contributed by atoms with Crippen LogP contribution < -0.4 is 15.5 Å². The maximum absolute atomic E-state index is 10.2. The number of rotatable bonds is 3. The van der Waals surface area contributed by atoms with Crippen LogP contribution in [0.4, 0.5) is 11.5 Å². The second-order valence-electron chi connectivity index (χ2n) is 8.53. The van der Waals surface area contributed by atoms with E-state index >= 15 is 0 Å². The molecule has 5 rings (SSSR count). The lowest BCUT2D eigenvalue weighted by molar-refractivity contribution is 0.112. The molecule has 0 radical (unpaired) electrons. The molecule has 2 aromatic rings. The van der Waals surface area contributed by atoms with Crippen molar-refractivity contribution in [3.8, 4) is 17.0 Å². The minimum absolute atomic E-state index is 0.239. The van der Waals surface area contributed by atoms with Crippen LogP contribution in [-0.4, -0.2) is 71.6 Å². The van der Waals surface area contributed by atoms with Gasteiger partial charge in [-0.3, -0.25) is 4.90 Å². The quantitative estimate of drug-likeness (QED) is 0.736. The van der Waals surface area contributed by atoms with Crippen LogP contribution >= 0.6 is 0 Å². The minimum Gasteiger partial charge on any atom is -0.507 e. The maximum atomic E-state index is 10.2. The van der Waals surface area contributed by atoms with E-state index < -0.39 is 0 Å². The number of piperazine rings is 1. The highest BCUT2D eigenvalue weighted by atomic mass is 16.3. The van der Waals surface area contributed by atoms with Crippen LogP contribution in [0, 0.1) is 5.92 Å². The summed E-state index contributed by atoms with van der Waals surface area (Å²) in [5.41, 5.74) is 2.54. The van der Waals surface area contributed by atoms with Gasteiger partial charge in [-0.1, -0.05) is 12.1 Å². The average Bonchev–Trinajstić information content (AvgIpc) is 2.78. The molecule has 1 aromatic carbocycles. The van der Waals surface area contributed by atoms with E-state index in [4.69, 9.17) is 0 Å². The first kappa shape index (κ1) is 18.6. The van der Waals surface area contributed by atoms with Crippen molar-refractivity contribution in [2.24, 2.45) is 5.92 Å². The highest BCUT2D eigenvalue weighted by Gasteiger charge is 2.36. The Morgan fingerprint density at radius 2 is 1.97 bits per heavy atom. The monoisotopic (exact) mass is 394 g/mol. The number of benzene rings is 1. The van der Waals surface area contributed by atoms with Crippen molar-refractivity contribution in [3.05, 3.63) is 30.3 Å². The summed E-state index contributed by atoms with van der Waals surface area (Å²) < 4.78 is 0. The Hall–Kier alpha value is -2.38. The van der Waals surface area contributed by atoms with Crippen LogP contribution in [0.2, 0.25) is 0 Å². The summed E-state index contributed by atoms with van der Waals surface area (Å²) in [5, 5.41) is 25.9. The molecule has 154 valence electrons. The second-order valence-corrected chi connectivity index (χ2v) is 8.53. The number of piperidine rings is 1. The molecule has 29 heavy (non-hydrogen) atoms. The number of phenols is 1. The van der Waals surface area contributed by atoms with Crippen LogP contribution in [0.15, 0.2) is 30.3 Å². The number of hydrogen-bond acceptors (Lipinski definition) is 7. The number of phenolic OH excluding ortho intramolecular Hbond substituents is 1. The third-order valence-corrected chi connectivity index (χ3v) is 6.92. The molecule has 0 amide bonds. The number of hydrogen-bond donors (Lipinski definition) is 3. The highest BCUT2D eigenvalue weighted by Crippen LogP contribution is 2.36. The van der Waals surface area contributed by atoms with Gasteiger partial charge in [-0.25, -0.2) is 0 Å². The van der Waals surface area contributed by atoms with Gasteiger partial charge in [-0.05, 0) is 57.0 Å². The molecular weight excluding hydrogens is 364 g/mol. The molecule has 7 nitrogen and oxygen atoms in total. The van der Waals surface area contributed by atoms with E-state index in [0.29, 0.717) is 12.1 Å². The van der Waals surface area contributed by atoms with Gasteiger partial charge in [0, 0.05) is 37.8 Å². The molecule has 2 saturated heterocycles. The molecule has 7 heteroatoms. The van der Waals surface area contributed by atoms with E-state index in [9.17, 15) is 5.11 Å². The third kappa shape index (κ3) is 3.53. The Morgan fingerprint density at radius 1 is 1.14 bits per heavy atom. The Kier molecular flexibility index (Phi) is 5.01. The molecule has 4 heterocycles. The summed E-state index contributed by atoms with van der Waals surface area (Å²) in [6, 6.07) is 10.5. The van der Waals surface area contributed by atoms with E-state index in [1.54, 1.807) is 6.07 Å². The summed E-state index contributed by atoms with van der Waals surface area (Å²) in [4.78, 5) is 5.16. The number of nitrogens with zero attached hydrogens (tertiary/aromatic N) is 4. The van der Waals surface area contributed by atoms with Gasteiger partial charge in [-0.2, -0.15) is 0 Å². The van der Waals surface area contributed by atoms with E-state index in [0.717, 1.165) is 67.9 Å². The molecule has 3 N–H and O–H groups in total. The van der Waals surface area contributed by atoms with E-state index in [1.807, 2.05) is 18.2 Å². The van der Waals surface area contributed by atoms with Crippen LogP contribution in [-0.2, 0) is 0 Å². The summed E-state index contributed by atoms with van der Waals surface area (Å²) in [6.45, 7) is 8.77. The van der Waals surface area contributed by atoms with E-state index in [2.05, 4.69) is 43.6 Å². The lowest BCUT2D eigenvalue weighted by Crippen LogP contribution is -2.60. The van der Waals surface area contributed by atoms with Crippen LogP contribution in [0.25, 0.3) is 11.3 Å². The summed E-state index contributed by atoms with van der Waals surface area (Å²) in [7, 11) is 0. The summed E-state index contributed by atoms with van der Waals surface area (Å²) in [5.74, 6) is 1.88. The first-order chi connectivity index (χ1) is 14.2. The standard InChI is InChI=1S/C22H30N6O/c1-15(16-6-8-23-9-7-16)27-10-11-28-17(14-27)13-24-22-20(28)12-19(25-26-22)18-4-2-3-5-21(18)29/h2-5,12,15-17,23,29H,6-11,13-14H2,1H3,(H,24,26). The fourth-order valence-electron chi connectivity index (χ4n) is 5.13. The van der Waals surface area contributed by atoms with Gasteiger partial charge in [0.25, 0.3) is 0 Å². The van der Waals surface area contributed by atoms with Crippen molar-refractivity contribution >= 4 is 11.5 Å². The zero-order valence-electron chi connectivity index (χ0n) is 17.0. The number of anilines is 2. The first-order valence-electron chi connectivity index (χ1n) is 10.8. The number of aromatic hydroxyl groups is 1. The molecule has 1 aromatic heterocycles. The van der Waals surface area contributed by atoms with Gasteiger partial charge in [0.2, 0.25) is 0 Å². The fraction of sp³-hybridized carbons (Fsp3) is 0.545. The second kappa shape index (κ2) is 7.80. The van der Waals surface area contributed by atoms with Crippen molar-refractivity contribution in [3.63, 3.8) is 0 Å². The molecular formula is C22H30N6O. The molecule has 2 unspecified atom stereocenters. The number of nitrogens with one attached hydrogen (secondary N) is 2. The predicted molar refractivity (Wildman–Crippen MR) is 115 cm³/mol. The lowest BCUT2D eigenvalue weighted by Gasteiger charge is -2.49. The van der Waals surface area contributed by atoms with Gasteiger partial charge in [0.15, 0.2) is 5.82 Å². The number of aromatic nitrogens is 2. The lowest BCUT2D eigenvalue weighted by atomic mass is 9.89. The van der Waals surface area contributed by atoms with Crippen molar-refractivity contribution < 1.29 is 5.11 Å². The smallest absolute Gasteiger partial charge is 0.172 e. The first-order valence-corrected chi connectivity index (χ1v) is 10.8. The van der Waals surface area contributed by atoms with Gasteiger partial charge in [0.05, 0.1) is 17.4 Å². The topological polar surface area (TPSA) is 76.5 Å². The molecule has 3 aliphatic rings.